The van der Waals surface area contributed by atoms with Crippen molar-refractivity contribution in [3.63, 3.8) is 0 Å². The second-order valence-electron chi connectivity index (χ2n) is 7.67. The molecular formula is C23H26FN7. The van der Waals surface area contributed by atoms with E-state index in [9.17, 15) is 4.39 Å². The van der Waals surface area contributed by atoms with Gasteiger partial charge in [-0.1, -0.05) is 19.9 Å². The average molecular weight is 420 g/mol. The normalized spacial score (nSPS) is 12.6. The molecule has 160 valence electrons. The van der Waals surface area contributed by atoms with E-state index < -0.39 is 0 Å². The molecule has 0 aliphatic rings. The first-order valence-electron chi connectivity index (χ1n) is 10.2. The van der Waals surface area contributed by atoms with Crippen LogP contribution in [0.1, 0.15) is 36.7 Å². The van der Waals surface area contributed by atoms with E-state index in [4.69, 9.17) is 10.7 Å². The van der Waals surface area contributed by atoms with E-state index in [2.05, 4.69) is 34.1 Å². The summed E-state index contributed by atoms with van der Waals surface area (Å²) >= 11 is 0. The molecule has 31 heavy (non-hydrogen) atoms. The number of nitrogens with zero attached hydrogens (tertiary/aromatic N) is 4. The first kappa shape index (κ1) is 20.6. The lowest BCUT2D eigenvalue weighted by molar-refractivity contribution is 0.639. The summed E-state index contributed by atoms with van der Waals surface area (Å²) in [6, 6.07) is 5.06. The highest BCUT2D eigenvalue weighted by Gasteiger charge is 2.15. The van der Waals surface area contributed by atoms with Gasteiger partial charge in [-0.3, -0.25) is 9.39 Å². The summed E-state index contributed by atoms with van der Waals surface area (Å²) in [4.78, 5) is 16.5. The Bertz CT molecular complexity index is 1280. The number of aromatic amines is 1. The predicted molar refractivity (Wildman–Crippen MR) is 124 cm³/mol. The van der Waals surface area contributed by atoms with Crippen LogP contribution in [0, 0.1) is 5.82 Å². The zero-order valence-electron chi connectivity index (χ0n) is 17.9. The number of hydrogen-bond acceptors (Lipinski definition) is 5. The molecule has 3 heterocycles. The van der Waals surface area contributed by atoms with Crippen LogP contribution in [0.25, 0.3) is 22.1 Å². The minimum absolute atomic E-state index is 0.220. The maximum Gasteiger partial charge on any atom is 0.180 e. The number of aromatic nitrogens is 4. The Kier molecular flexibility index (Phi) is 5.70. The highest BCUT2D eigenvalue weighted by Crippen LogP contribution is 2.25. The molecule has 1 aromatic carbocycles. The maximum atomic E-state index is 14.3. The van der Waals surface area contributed by atoms with Gasteiger partial charge in [-0.25, -0.2) is 14.4 Å². The highest BCUT2D eigenvalue weighted by atomic mass is 19.1. The van der Waals surface area contributed by atoms with Crippen molar-refractivity contribution in [3.8, 4) is 0 Å². The quantitative estimate of drug-likeness (QED) is 0.393. The minimum atomic E-state index is -0.220. The summed E-state index contributed by atoms with van der Waals surface area (Å²) < 4.78 is 16.3. The summed E-state index contributed by atoms with van der Waals surface area (Å²) in [5.74, 6) is 0.716. The largest absolute Gasteiger partial charge is 0.404 e. The molecule has 0 spiro atoms. The number of nitrogens with two attached hydrogens (primary N) is 1. The van der Waals surface area contributed by atoms with Crippen molar-refractivity contribution in [3.05, 3.63) is 65.8 Å². The minimum Gasteiger partial charge on any atom is -0.404 e. The Morgan fingerprint density at radius 2 is 2.23 bits per heavy atom. The number of rotatable bonds is 7. The monoisotopic (exact) mass is 419 g/mol. The lowest BCUT2D eigenvalue weighted by atomic mass is 10.1. The molecule has 8 heteroatoms. The molecular weight excluding hydrogens is 393 g/mol. The summed E-state index contributed by atoms with van der Waals surface area (Å²) in [6.45, 7) is 4.81. The molecule has 0 saturated carbocycles. The van der Waals surface area contributed by atoms with Gasteiger partial charge in [0.05, 0.1) is 5.69 Å². The number of H-pyrrole nitrogens is 1. The summed E-state index contributed by atoms with van der Waals surface area (Å²) in [5, 5.41) is 4.01. The molecule has 0 saturated heterocycles. The molecule has 7 nitrogen and oxygen atoms in total. The number of nitrogens with one attached hydrogen (secondary N) is 2. The number of halogens is 1. The molecule has 0 aliphatic heterocycles. The first-order chi connectivity index (χ1) is 15.0. The third-order valence-electron chi connectivity index (χ3n) is 5.28. The zero-order valence-corrected chi connectivity index (χ0v) is 17.9. The smallest absolute Gasteiger partial charge is 0.180 e. The van der Waals surface area contributed by atoms with Gasteiger partial charge in [0.25, 0.3) is 0 Å². The van der Waals surface area contributed by atoms with Crippen molar-refractivity contribution in [2.24, 2.45) is 10.7 Å². The summed E-state index contributed by atoms with van der Waals surface area (Å²) in [5.41, 5.74) is 10.7. The van der Waals surface area contributed by atoms with Crippen molar-refractivity contribution in [1.82, 2.24) is 19.4 Å². The van der Waals surface area contributed by atoms with Gasteiger partial charge in [0.2, 0.25) is 0 Å². The van der Waals surface area contributed by atoms with Crippen LogP contribution in [-0.4, -0.2) is 39.2 Å². The van der Waals surface area contributed by atoms with Crippen LogP contribution in [0.4, 0.5) is 10.2 Å². The van der Waals surface area contributed by atoms with Gasteiger partial charge in [-0.05, 0) is 30.0 Å². The molecule has 0 atom stereocenters. The SMILES string of the molecule is CN=CC(=CN)c1cn2c(C(C)C)cnc2c(NCCc2c[nH]c3cccc(F)c23)n1. The van der Waals surface area contributed by atoms with Crippen LogP contribution in [0.2, 0.25) is 0 Å². The van der Waals surface area contributed by atoms with Crippen LogP contribution in [0.15, 0.2) is 48.0 Å². The Labute approximate surface area is 179 Å². The van der Waals surface area contributed by atoms with E-state index in [0.717, 1.165) is 28.0 Å². The van der Waals surface area contributed by atoms with E-state index in [1.54, 1.807) is 19.3 Å². The molecule has 0 bridgehead atoms. The molecule has 0 amide bonds. The zero-order chi connectivity index (χ0) is 22.0. The van der Waals surface area contributed by atoms with Gasteiger partial charge >= 0.3 is 0 Å². The van der Waals surface area contributed by atoms with Gasteiger partial charge in [0.1, 0.15) is 5.82 Å². The van der Waals surface area contributed by atoms with Gasteiger partial charge in [-0.15, -0.1) is 0 Å². The molecule has 0 radical (unpaired) electrons. The number of fused-ring (bicyclic) bond motifs is 2. The fraction of sp³-hybridized carbons (Fsp3) is 0.261. The molecule has 0 fully saturated rings. The molecule has 0 unspecified atom stereocenters. The standard InChI is InChI=1S/C23H26FN7/c1-14(2)20-12-29-23-22(30-19(13-31(20)23)16(9-25)10-26-3)27-8-7-15-11-28-18-6-4-5-17(24)21(15)18/h4-6,9-14,28H,7-8,25H2,1-3H3,(H,27,30). The number of benzene rings is 1. The summed E-state index contributed by atoms with van der Waals surface area (Å²) in [6.07, 6.45) is 9.45. The molecule has 3 aromatic heterocycles. The number of imidazole rings is 1. The molecule has 0 aliphatic carbocycles. The van der Waals surface area contributed by atoms with Gasteiger partial charge < -0.3 is 16.0 Å². The Balaban J connectivity index is 1.67. The van der Waals surface area contributed by atoms with Gasteiger partial charge in [-0.2, -0.15) is 0 Å². The second kappa shape index (κ2) is 8.59. The van der Waals surface area contributed by atoms with Crippen molar-refractivity contribution in [2.45, 2.75) is 26.2 Å². The Morgan fingerprint density at radius 1 is 1.39 bits per heavy atom. The van der Waals surface area contributed by atoms with Crippen LogP contribution in [0.5, 0.6) is 0 Å². The molecule has 4 rings (SSSR count). The number of allylic oxidation sites excluding steroid dienone is 1. The maximum absolute atomic E-state index is 14.3. The summed E-state index contributed by atoms with van der Waals surface area (Å²) in [7, 11) is 1.69. The van der Waals surface area contributed by atoms with E-state index in [0.29, 0.717) is 29.9 Å². The number of hydrogen-bond donors (Lipinski definition) is 3. The van der Waals surface area contributed by atoms with Gasteiger partial charge in [0, 0.05) is 66.8 Å². The lowest BCUT2D eigenvalue weighted by Crippen LogP contribution is -2.11. The van der Waals surface area contributed by atoms with Gasteiger partial charge in [0.15, 0.2) is 11.5 Å². The highest BCUT2D eigenvalue weighted by molar-refractivity contribution is 6.08. The number of anilines is 1. The third-order valence-corrected chi connectivity index (χ3v) is 5.28. The van der Waals surface area contributed by atoms with Crippen molar-refractivity contribution < 1.29 is 4.39 Å². The van der Waals surface area contributed by atoms with Crippen molar-refractivity contribution in [1.29, 1.82) is 0 Å². The predicted octanol–water partition coefficient (Wildman–Crippen LogP) is 4.13. The van der Waals surface area contributed by atoms with Crippen molar-refractivity contribution >= 4 is 34.2 Å². The van der Waals surface area contributed by atoms with E-state index in [-0.39, 0.29) is 11.7 Å². The fourth-order valence-electron chi connectivity index (χ4n) is 3.75. The average Bonchev–Trinajstić information content (AvgIpc) is 3.37. The third kappa shape index (κ3) is 3.88. The first-order valence-corrected chi connectivity index (χ1v) is 10.2. The molecule has 4 N–H and O–H groups in total. The van der Waals surface area contributed by atoms with E-state index >= 15 is 0 Å². The topological polar surface area (TPSA) is 96.4 Å². The van der Waals surface area contributed by atoms with E-state index in [1.807, 2.05) is 29.1 Å². The fourth-order valence-corrected chi connectivity index (χ4v) is 3.75. The molecule has 4 aromatic rings. The van der Waals surface area contributed by atoms with Crippen LogP contribution >= 0.6 is 0 Å². The Hall–Kier alpha value is -3.68. The van der Waals surface area contributed by atoms with Crippen molar-refractivity contribution in [2.75, 3.05) is 18.9 Å². The van der Waals surface area contributed by atoms with Crippen LogP contribution < -0.4 is 11.1 Å². The van der Waals surface area contributed by atoms with Crippen LogP contribution in [0.3, 0.4) is 0 Å². The second-order valence-corrected chi connectivity index (χ2v) is 7.67. The van der Waals surface area contributed by atoms with E-state index in [1.165, 1.54) is 12.3 Å². The van der Waals surface area contributed by atoms with Crippen LogP contribution in [-0.2, 0) is 6.42 Å². The number of aliphatic imine (C=N–C) groups is 1. The lowest BCUT2D eigenvalue weighted by Gasteiger charge is -2.12. The Morgan fingerprint density at radius 3 is 2.97 bits per heavy atom.